The first-order valence-corrected chi connectivity index (χ1v) is 10.5. The average Bonchev–Trinajstić information content (AvgIpc) is 3.22. The highest BCUT2D eigenvalue weighted by Gasteiger charge is 2.21. The van der Waals surface area contributed by atoms with E-state index in [0.29, 0.717) is 34.6 Å². The fraction of sp³-hybridized carbons (Fsp3) is 0.304. The lowest BCUT2D eigenvalue weighted by atomic mass is 10.0. The van der Waals surface area contributed by atoms with E-state index in [1.54, 1.807) is 42.6 Å². The summed E-state index contributed by atoms with van der Waals surface area (Å²) in [5.74, 6) is 0.186. The summed E-state index contributed by atoms with van der Waals surface area (Å²) in [5.41, 5.74) is 1.85. The predicted molar refractivity (Wildman–Crippen MR) is 118 cm³/mol. The summed E-state index contributed by atoms with van der Waals surface area (Å²) in [7, 11) is 0. The molecular weight excluding hydrogens is 408 g/mol. The number of H-pyrrole nitrogens is 1. The number of pyridine rings is 1. The van der Waals surface area contributed by atoms with Crippen LogP contribution in [0.2, 0.25) is 0 Å². The minimum Gasteiger partial charge on any atom is -0.395 e. The van der Waals surface area contributed by atoms with Crippen LogP contribution in [0, 0.1) is 11.3 Å². The molecule has 9 nitrogen and oxygen atoms in total. The van der Waals surface area contributed by atoms with Gasteiger partial charge in [0.2, 0.25) is 0 Å². The quantitative estimate of drug-likeness (QED) is 0.539. The van der Waals surface area contributed by atoms with Gasteiger partial charge in [-0.3, -0.25) is 14.7 Å². The number of aliphatic hydroxyl groups excluding tert-OH is 1. The summed E-state index contributed by atoms with van der Waals surface area (Å²) in [6.07, 6.45) is 4.73. The van der Waals surface area contributed by atoms with Gasteiger partial charge >= 0.3 is 0 Å². The predicted octanol–water partition coefficient (Wildman–Crippen LogP) is 1.29. The molecule has 1 fully saturated rings. The monoisotopic (exact) mass is 432 g/mol. The summed E-state index contributed by atoms with van der Waals surface area (Å²) in [5, 5.41) is 23.9. The lowest BCUT2D eigenvalue weighted by molar-refractivity contribution is 0.0902. The number of carbonyl (C=O) groups is 1. The van der Waals surface area contributed by atoms with Gasteiger partial charge in [-0.15, -0.1) is 0 Å². The van der Waals surface area contributed by atoms with Crippen molar-refractivity contribution in [1.82, 2.24) is 25.0 Å². The number of aromatic amines is 1. The topological polar surface area (TPSA) is 127 Å². The maximum Gasteiger partial charge on any atom is 0.280 e. The molecular formula is C23H24N6O3. The van der Waals surface area contributed by atoms with Crippen LogP contribution in [-0.2, 0) is 0 Å². The van der Waals surface area contributed by atoms with Crippen molar-refractivity contribution in [2.45, 2.75) is 18.9 Å². The molecule has 3 heterocycles. The van der Waals surface area contributed by atoms with Gasteiger partial charge in [0.25, 0.3) is 11.5 Å². The Bertz CT molecular complexity index is 1170. The van der Waals surface area contributed by atoms with Crippen LogP contribution in [0.3, 0.4) is 0 Å². The van der Waals surface area contributed by atoms with Gasteiger partial charge in [0.1, 0.15) is 0 Å². The van der Waals surface area contributed by atoms with E-state index in [1.165, 1.54) is 10.9 Å². The molecule has 2 aromatic heterocycles. The number of piperidine rings is 1. The van der Waals surface area contributed by atoms with Gasteiger partial charge in [-0.25, -0.2) is 9.67 Å². The van der Waals surface area contributed by atoms with E-state index in [4.69, 9.17) is 10.4 Å². The lowest BCUT2D eigenvalue weighted by Gasteiger charge is -2.31. The molecule has 1 saturated heterocycles. The Morgan fingerprint density at radius 1 is 1.22 bits per heavy atom. The molecule has 0 unspecified atom stereocenters. The number of nitrogens with zero attached hydrogens (tertiary/aromatic N) is 4. The summed E-state index contributed by atoms with van der Waals surface area (Å²) in [4.78, 5) is 31.8. The Morgan fingerprint density at radius 2 is 1.97 bits per heavy atom. The summed E-state index contributed by atoms with van der Waals surface area (Å²) in [6.45, 7) is 2.50. The number of nitriles is 1. The number of aliphatic hydroxyl groups is 1. The second-order valence-electron chi connectivity index (χ2n) is 7.73. The zero-order valence-electron chi connectivity index (χ0n) is 17.5. The number of carbonyl (C=O) groups excluding carboxylic acids is 1. The number of likely N-dealkylation sites (tertiary alicyclic amines) is 1. The molecule has 1 aromatic carbocycles. The molecule has 0 spiro atoms. The molecule has 3 aromatic rings. The van der Waals surface area contributed by atoms with Crippen LogP contribution in [0.1, 0.15) is 28.8 Å². The maximum atomic E-state index is 12.8. The summed E-state index contributed by atoms with van der Waals surface area (Å²) >= 11 is 0. The van der Waals surface area contributed by atoms with Gasteiger partial charge < -0.3 is 15.3 Å². The maximum absolute atomic E-state index is 12.8. The van der Waals surface area contributed by atoms with Crippen LogP contribution in [0.25, 0.3) is 16.9 Å². The number of hydrogen-bond donors (Lipinski definition) is 3. The van der Waals surface area contributed by atoms with Gasteiger partial charge in [0, 0.05) is 38.1 Å². The van der Waals surface area contributed by atoms with Crippen molar-refractivity contribution >= 4 is 5.91 Å². The lowest BCUT2D eigenvalue weighted by Crippen LogP contribution is -2.45. The van der Waals surface area contributed by atoms with Crippen LogP contribution in [0.15, 0.2) is 53.6 Å². The van der Waals surface area contributed by atoms with E-state index >= 15 is 0 Å². The fourth-order valence-corrected chi connectivity index (χ4v) is 3.83. The minimum atomic E-state index is -0.269. The van der Waals surface area contributed by atoms with Crippen LogP contribution >= 0.6 is 0 Å². The molecule has 0 aliphatic carbocycles. The molecule has 1 aliphatic rings. The zero-order valence-corrected chi connectivity index (χ0v) is 17.5. The number of β-amino-alcohol motifs (C(OH)–C–C–N with tert-alkyl or cyclic N) is 1. The Kier molecular flexibility index (Phi) is 6.44. The van der Waals surface area contributed by atoms with Crippen molar-refractivity contribution in [3.63, 3.8) is 0 Å². The van der Waals surface area contributed by atoms with Gasteiger partial charge in [0.15, 0.2) is 5.82 Å². The third kappa shape index (κ3) is 4.61. The number of hydrogen-bond acceptors (Lipinski definition) is 6. The van der Waals surface area contributed by atoms with E-state index in [0.717, 1.165) is 25.9 Å². The van der Waals surface area contributed by atoms with Crippen LogP contribution in [0.5, 0.6) is 0 Å². The van der Waals surface area contributed by atoms with E-state index < -0.39 is 0 Å². The molecule has 9 heteroatoms. The highest BCUT2D eigenvalue weighted by Crippen LogP contribution is 2.16. The summed E-state index contributed by atoms with van der Waals surface area (Å²) < 4.78 is 1.31. The molecule has 0 radical (unpaired) electrons. The van der Waals surface area contributed by atoms with Crippen LogP contribution < -0.4 is 10.9 Å². The van der Waals surface area contributed by atoms with Crippen molar-refractivity contribution in [3.8, 4) is 23.0 Å². The van der Waals surface area contributed by atoms with Crippen molar-refractivity contribution in [2.75, 3.05) is 26.2 Å². The van der Waals surface area contributed by atoms with E-state index in [9.17, 15) is 9.59 Å². The van der Waals surface area contributed by atoms with E-state index in [2.05, 4.69) is 26.4 Å². The van der Waals surface area contributed by atoms with Crippen LogP contribution in [-0.4, -0.2) is 63.0 Å². The zero-order chi connectivity index (χ0) is 22.5. The van der Waals surface area contributed by atoms with Crippen molar-refractivity contribution < 1.29 is 9.90 Å². The molecule has 32 heavy (non-hydrogen) atoms. The number of benzene rings is 1. The Hall–Kier alpha value is -3.74. The normalized spacial score (nSPS) is 14.8. The van der Waals surface area contributed by atoms with Gasteiger partial charge in [-0.1, -0.05) is 12.1 Å². The molecule has 1 amide bonds. The molecule has 3 N–H and O–H groups in total. The smallest absolute Gasteiger partial charge is 0.280 e. The number of rotatable bonds is 6. The Morgan fingerprint density at radius 3 is 2.59 bits per heavy atom. The highest BCUT2D eigenvalue weighted by molar-refractivity contribution is 5.94. The largest absolute Gasteiger partial charge is 0.395 e. The van der Waals surface area contributed by atoms with Gasteiger partial charge in [0.05, 0.1) is 29.4 Å². The number of nitrogens with one attached hydrogen (secondary N) is 2. The first kappa shape index (κ1) is 21.5. The van der Waals surface area contributed by atoms with Gasteiger partial charge in [-0.05, 0) is 42.7 Å². The second kappa shape index (κ2) is 9.60. The molecule has 0 atom stereocenters. The third-order valence-electron chi connectivity index (χ3n) is 5.67. The van der Waals surface area contributed by atoms with Crippen molar-refractivity contribution in [3.05, 3.63) is 70.3 Å². The molecule has 164 valence electrons. The molecule has 0 saturated carbocycles. The number of amides is 1. The van der Waals surface area contributed by atoms with E-state index in [1.807, 2.05) is 0 Å². The highest BCUT2D eigenvalue weighted by atomic mass is 16.3. The first-order chi connectivity index (χ1) is 15.6. The minimum absolute atomic E-state index is 0.0955. The average molecular weight is 432 g/mol. The molecule has 4 rings (SSSR count). The standard InChI is InChI=1S/C23H24N6O3/c24-13-16-1-3-17(4-2-16)20-15-26-29(23(20)32)21-6-5-18(14-25-21)22(31)27-19-7-9-28(10-8-19)11-12-30/h1-6,14-15,19,26,30H,7-12H2,(H,27,31). The Balaban J connectivity index is 1.43. The first-order valence-electron chi connectivity index (χ1n) is 10.5. The SMILES string of the molecule is N#Cc1ccc(-c2c[nH]n(-c3ccc(C(=O)NC4CCN(CCO)CC4)cn3)c2=O)cc1. The summed E-state index contributed by atoms with van der Waals surface area (Å²) in [6, 6.07) is 12.2. The third-order valence-corrected chi connectivity index (χ3v) is 5.67. The van der Waals surface area contributed by atoms with Crippen LogP contribution in [0.4, 0.5) is 0 Å². The van der Waals surface area contributed by atoms with Gasteiger partial charge in [-0.2, -0.15) is 5.26 Å². The molecule has 1 aliphatic heterocycles. The van der Waals surface area contributed by atoms with Crippen molar-refractivity contribution in [2.24, 2.45) is 0 Å². The fourth-order valence-electron chi connectivity index (χ4n) is 3.83. The molecule has 0 bridgehead atoms. The van der Waals surface area contributed by atoms with E-state index in [-0.39, 0.29) is 24.1 Å². The van der Waals surface area contributed by atoms with Crippen molar-refractivity contribution in [1.29, 1.82) is 5.26 Å². The Labute approximate surface area is 184 Å². The number of aromatic nitrogens is 3. The second-order valence-corrected chi connectivity index (χ2v) is 7.73.